The molecule has 5 heteroatoms. The maximum absolute atomic E-state index is 10.9. The van der Waals surface area contributed by atoms with Crippen molar-refractivity contribution in [3.8, 4) is 0 Å². The molecule has 0 N–H and O–H groups in total. The van der Waals surface area contributed by atoms with Crippen LogP contribution in [0.2, 0.25) is 0 Å². The Balaban J connectivity index is 3.16. The first-order chi connectivity index (χ1) is 7.31. The Bertz CT molecular complexity index is 179. The quantitative estimate of drug-likeness (QED) is 0.247. The van der Waals surface area contributed by atoms with Gasteiger partial charge in [-0.05, 0) is 6.92 Å². The Labute approximate surface area is 89.9 Å². The van der Waals surface area contributed by atoms with Crippen molar-refractivity contribution in [1.29, 1.82) is 0 Å². The van der Waals surface area contributed by atoms with E-state index in [0.29, 0.717) is 13.2 Å². The number of carbonyl (C=O) groups excluding carboxylic acids is 1. The lowest BCUT2D eigenvalue weighted by Crippen LogP contribution is -2.15. The molecular weight excluding hydrogens is 200 g/mol. The van der Waals surface area contributed by atoms with Gasteiger partial charge in [-0.2, -0.15) is 0 Å². The molecule has 0 aromatic rings. The Morgan fingerprint density at radius 3 is 2.73 bits per heavy atom. The zero-order valence-electron chi connectivity index (χ0n) is 9.23. The first-order valence-corrected chi connectivity index (χ1v) is 4.72. The van der Waals surface area contributed by atoms with Gasteiger partial charge in [0.25, 0.3) is 0 Å². The van der Waals surface area contributed by atoms with Crippen molar-refractivity contribution in [3.05, 3.63) is 12.2 Å². The van der Waals surface area contributed by atoms with Crippen LogP contribution in [0.1, 0.15) is 6.92 Å². The fourth-order valence-corrected chi connectivity index (χ4v) is 0.664. The van der Waals surface area contributed by atoms with Crippen LogP contribution in [0.5, 0.6) is 0 Å². The second-order valence-corrected chi connectivity index (χ2v) is 2.62. The second kappa shape index (κ2) is 11.2. The lowest BCUT2D eigenvalue weighted by molar-refractivity contribution is -0.153. The van der Waals surface area contributed by atoms with E-state index in [1.165, 1.54) is 0 Å². The maximum Gasteiger partial charge on any atom is 0.332 e. The number of hydrogen-bond donors (Lipinski definition) is 0. The van der Waals surface area contributed by atoms with Crippen LogP contribution in [0.15, 0.2) is 12.2 Å². The smallest absolute Gasteiger partial charge is 0.332 e. The zero-order valence-corrected chi connectivity index (χ0v) is 9.23. The van der Waals surface area contributed by atoms with Gasteiger partial charge in [0.1, 0.15) is 20.0 Å². The predicted octanol–water partition coefficient (Wildman–Crippen LogP) is 0.743. The van der Waals surface area contributed by atoms with Crippen LogP contribution < -0.4 is 0 Å². The number of esters is 1. The molecule has 0 aliphatic carbocycles. The Morgan fingerprint density at radius 1 is 1.27 bits per heavy atom. The molecule has 5 nitrogen and oxygen atoms in total. The fraction of sp³-hybridized carbons (Fsp3) is 0.700. The van der Waals surface area contributed by atoms with Gasteiger partial charge >= 0.3 is 5.97 Å². The molecule has 0 atom stereocenters. The van der Waals surface area contributed by atoms with E-state index < -0.39 is 5.97 Å². The normalized spacial score (nSPS) is 10.8. The van der Waals surface area contributed by atoms with Crippen LogP contribution >= 0.6 is 0 Å². The number of carbonyl (C=O) groups is 1. The van der Waals surface area contributed by atoms with Crippen LogP contribution in [0, 0.1) is 0 Å². The third-order valence-corrected chi connectivity index (χ3v) is 1.39. The summed E-state index contributed by atoms with van der Waals surface area (Å²) in [7, 11) is 1.59. The van der Waals surface area contributed by atoms with E-state index in [4.69, 9.17) is 18.9 Å². The predicted molar refractivity (Wildman–Crippen MR) is 54.4 cm³/mol. The summed E-state index contributed by atoms with van der Waals surface area (Å²) in [5.41, 5.74) is 0. The third-order valence-electron chi connectivity index (χ3n) is 1.39. The molecule has 0 fully saturated rings. The lowest BCUT2D eigenvalue weighted by atomic mass is 10.5. The molecule has 0 aliphatic rings. The molecule has 0 rings (SSSR count). The molecular formula is C10H18O5. The van der Waals surface area contributed by atoms with E-state index in [1.54, 1.807) is 13.2 Å². The van der Waals surface area contributed by atoms with Crippen LogP contribution in [0.4, 0.5) is 0 Å². The number of ether oxygens (including phenoxy) is 4. The van der Waals surface area contributed by atoms with Gasteiger partial charge in [-0.15, -0.1) is 0 Å². The van der Waals surface area contributed by atoms with Crippen molar-refractivity contribution in [1.82, 2.24) is 0 Å². The van der Waals surface area contributed by atoms with E-state index in [9.17, 15) is 4.79 Å². The van der Waals surface area contributed by atoms with Gasteiger partial charge in [0.05, 0.1) is 13.2 Å². The summed E-state index contributed by atoms with van der Waals surface area (Å²) in [6.07, 6.45) is 3.55. The van der Waals surface area contributed by atoms with Crippen LogP contribution in [-0.2, 0) is 23.7 Å². The van der Waals surface area contributed by atoms with Gasteiger partial charge in [0, 0.05) is 7.11 Å². The van der Waals surface area contributed by atoms with E-state index in [2.05, 4.69) is 0 Å². The molecule has 88 valence electrons. The molecule has 15 heavy (non-hydrogen) atoms. The minimum atomic E-state index is -0.400. The van der Waals surface area contributed by atoms with Crippen molar-refractivity contribution in [2.24, 2.45) is 0 Å². The van der Waals surface area contributed by atoms with Gasteiger partial charge in [-0.1, -0.05) is 12.2 Å². The molecule has 0 radical (unpaired) electrons. The minimum Gasteiger partial charge on any atom is -0.460 e. The zero-order chi connectivity index (χ0) is 11.4. The van der Waals surface area contributed by atoms with E-state index in [0.717, 1.165) is 0 Å². The topological polar surface area (TPSA) is 54.0 Å². The number of methoxy groups -OCH3 is 1. The summed E-state index contributed by atoms with van der Waals surface area (Å²) in [6, 6.07) is 0. The number of rotatable bonds is 9. The Kier molecular flexibility index (Phi) is 10.5. The van der Waals surface area contributed by atoms with Gasteiger partial charge < -0.3 is 18.9 Å². The molecule has 0 spiro atoms. The highest BCUT2D eigenvalue weighted by molar-refractivity contribution is 5.70. The molecule has 0 unspecified atom stereocenters. The molecule has 0 aliphatic heterocycles. The summed E-state index contributed by atoms with van der Waals surface area (Å²) in [5.74, 6) is -0.400. The first-order valence-electron chi connectivity index (χ1n) is 4.72. The molecule has 0 aromatic carbocycles. The van der Waals surface area contributed by atoms with E-state index in [1.807, 2.05) is 13.0 Å². The van der Waals surface area contributed by atoms with Gasteiger partial charge in [-0.25, -0.2) is 4.79 Å². The van der Waals surface area contributed by atoms with Gasteiger partial charge in [0.15, 0.2) is 0 Å². The highest BCUT2D eigenvalue weighted by atomic mass is 16.7. The Hall–Kier alpha value is -0.910. The van der Waals surface area contributed by atoms with Crippen molar-refractivity contribution >= 4 is 5.97 Å². The molecule has 0 saturated carbocycles. The molecule has 0 bridgehead atoms. The standard InChI is InChI=1S/C10H18O5/c1-3-4-5-15-10(11)8-14-9-13-7-6-12-2/h3-4H,5-9H2,1-2H3/b4-3+. The molecule has 0 heterocycles. The van der Waals surface area contributed by atoms with Gasteiger partial charge in [-0.3, -0.25) is 0 Å². The lowest BCUT2D eigenvalue weighted by Gasteiger charge is -2.04. The summed E-state index contributed by atoms with van der Waals surface area (Å²) in [4.78, 5) is 10.9. The van der Waals surface area contributed by atoms with Crippen molar-refractivity contribution < 1.29 is 23.7 Å². The third kappa shape index (κ3) is 11.0. The highest BCUT2D eigenvalue weighted by Gasteiger charge is 2.00. The number of hydrogen-bond acceptors (Lipinski definition) is 5. The summed E-state index contributed by atoms with van der Waals surface area (Å²) < 4.78 is 19.4. The fourth-order valence-electron chi connectivity index (χ4n) is 0.664. The van der Waals surface area contributed by atoms with Crippen molar-refractivity contribution in [2.75, 3.05) is 40.3 Å². The average Bonchev–Trinajstić information content (AvgIpc) is 2.23. The monoisotopic (exact) mass is 218 g/mol. The largest absolute Gasteiger partial charge is 0.460 e. The van der Waals surface area contributed by atoms with Crippen LogP contribution in [-0.4, -0.2) is 46.3 Å². The molecule has 0 saturated heterocycles. The molecule has 0 aromatic heterocycles. The number of allylic oxidation sites excluding steroid dienone is 1. The highest BCUT2D eigenvalue weighted by Crippen LogP contribution is 1.84. The van der Waals surface area contributed by atoms with Gasteiger partial charge in [0.2, 0.25) is 0 Å². The average molecular weight is 218 g/mol. The van der Waals surface area contributed by atoms with Crippen LogP contribution in [0.25, 0.3) is 0 Å². The summed E-state index contributed by atoms with van der Waals surface area (Å²) >= 11 is 0. The summed E-state index contributed by atoms with van der Waals surface area (Å²) in [5, 5.41) is 0. The van der Waals surface area contributed by atoms with E-state index in [-0.39, 0.29) is 20.0 Å². The SMILES string of the molecule is C/C=C/COC(=O)COCOCCOC. The van der Waals surface area contributed by atoms with Crippen molar-refractivity contribution in [2.45, 2.75) is 6.92 Å². The summed E-state index contributed by atoms with van der Waals surface area (Å²) in [6.45, 7) is 3.07. The molecule has 0 amide bonds. The minimum absolute atomic E-state index is 0.0715. The Morgan fingerprint density at radius 2 is 2.07 bits per heavy atom. The second-order valence-electron chi connectivity index (χ2n) is 2.62. The first kappa shape index (κ1) is 14.1. The maximum atomic E-state index is 10.9. The van der Waals surface area contributed by atoms with Crippen molar-refractivity contribution in [3.63, 3.8) is 0 Å². The van der Waals surface area contributed by atoms with Crippen LogP contribution in [0.3, 0.4) is 0 Å². The van der Waals surface area contributed by atoms with E-state index >= 15 is 0 Å².